The summed E-state index contributed by atoms with van der Waals surface area (Å²) in [6.45, 7) is 5.70. The molecule has 3 heterocycles. The molecule has 0 saturated carbocycles. The smallest absolute Gasteiger partial charge is 0.234 e. The minimum Gasteiger partial charge on any atom is -0.374 e. The number of hydrogen-bond acceptors (Lipinski definition) is 5. The van der Waals surface area contributed by atoms with E-state index in [9.17, 15) is 4.79 Å². The topological polar surface area (TPSA) is 72.3 Å². The third-order valence-electron chi connectivity index (χ3n) is 3.94. The van der Waals surface area contributed by atoms with Crippen molar-refractivity contribution in [2.45, 2.75) is 26.1 Å². The average molecular weight is 329 g/mol. The second-order valence-corrected chi connectivity index (χ2v) is 6.07. The highest BCUT2D eigenvalue weighted by Crippen LogP contribution is 2.08. The van der Waals surface area contributed by atoms with Gasteiger partial charge < -0.3 is 10.1 Å². The molecule has 1 aliphatic heterocycles. The van der Waals surface area contributed by atoms with E-state index in [1.54, 1.807) is 6.20 Å². The number of nitrogens with one attached hydrogen (secondary N) is 1. The second kappa shape index (κ2) is 8.03. The Bertz CT molecular complexity index is 658. The maximum Gasteiger partial charge on any atom is 0.234 e. The van der Waals surface area contributed by atoms with Crippen LogP contribution in [0.1, 0.15) is 11.3 Å². The van der Waals surface area contributed by atoms with Crippen LogP contribution >= 0.6 is 0 Å². The third kappa shape index (κ3) is 4.87. The van der Waals surface area contributed by atoms with E-state index in [1.165, 1.54) is 0 Å². The molecule has 7 nitrogen and oxygen atoms in total. The fraction of sp³-hybridized carbons (Fsp3) is 0.471. The van der Waals surface area contributed by atoms with Crippen molar-refractivity contribution in [1.82, 2.24) is 25.0 Å². The number of carbonyl (C=O) groups is 1. The molecule has 2 aromatic rings. The Balaban J connectivity index is 1.43. The molecule has 0 spiro atoms. The number of amides is 1. The van der Waals surface area contributed by atoms with Gasteiger partial charge in [-0.25, -0.2) is 0 Å². The molecule has 0 aliphatic carbocycles. The van der Waals surface area contributed by atoms with Crippen LogP contribution in [0.3, 0.4) is 0 Å². The summed E-state index contributed by atoms with van der Waals surface area (Å²) in [5.74, 6) is 0.0104. The van der Waals surface area contributed by atoms with Gasteiger partial charge in [0, 0.05) is 25.5 Å². The molecular weight excluding hydrogens is 306 g/mol. The first kappa shape index (κ1) is 16.6. The lowest BCUT2D eigenvalue weighted by Crippen LogP contribution is -2.48. The van der Waals surface area contributed by atoms with Crippen molar-refractivity contribution in [1.29, 1.82) is 0 Å². The summed E-state index contributed by atoms with van der Waals surface area (Å²) in [6, 6.07) is 5.68. The van der Waals surface area contributed by atoms with Gasteiger partial charge in [0.2, 0.25) is 5.91 Å². The molecule has 0 aromatic carbocycles. The van der Waals surface area contributed by atoms with Crippen molar-refractivity contribution in [3.8, 4) is 0 Å². The second-order valence-electron chi connectivity index (χ2n) is 6.07. The van der Waals surface area contributed by atoms with Gasteiger partial charge in [-0.05, 0) is 24.6 Å². The molecule has 0 unspecified atom stereocenters. The summed E-state index contributed by atoms with van der Waals surface area (Å²) >= 11 is 0. The Morgan fingerprint density at radius 3 is 3.12 bits per heavy atom. The first-order chi connectivity index (χ1) is 11.7. The quantitative estimate of drug-likeness (QED) is 0.840. The summed E-state index contributed by atoms with van der Waals surface area (Å²) in [6.07, 6.45) is 5.63. The van der Waals surface area contributed by atoms with Gasteiger partial charge >= 0.3 is 0 Å². The number of morpholine rings is 1. The fourth-order valence-electron chi connectivity index (χ4n) is 2.76. The summed E-state index contributed by atoms with van der Waals surface area (Å²) in [5.41, 5.74) is 2.00. The van der Waals surface area contributed by atoms with Gasteiger partial charge in [0.15, 0.2) is 0 Å². The van der Waals surface area contributed by atoms with Crippen molar-refractivity contribution in [3.63, 3.8) is 0 Å². The van der Waals surface area contributed by atoms with Crippen LogP contribution in [-0.4, -0.2) is 57.9 Å². The highest BCUT2D eigenvalue weighted by atomic mass is 16.5. The molecule has 7 heteroatoms. The third-order valence-corrected chi connectivity index (χ3v) is 3.94. The molecule has 24 heavy (non-hydrogen) atoms. The van der Waals surface area contributed by atoms with Crippen molar-refractivity contribution in [2.75, 3.05) is 26.2 Å². The molecule has 128 valence electrons. The van der Waals surface area contributed by atoms with Crippen LogP contribution in [0.4, 0.5) is 0 Å². The Labute approximate surface area is 141 Å². The molecule has 3 rings (SSSR count). The highest BCUT2D eigenvalue weighted by Gasteiger charge is 2.22. The average Bonchev–Trinajstić information content (AvgIpc) is 2.99. The van der Waals surface area contributed by atoms with Gasteiger partial charge in [-0.3, -0.25) is 19.4 Å². The first-order valence-corrected chi connectivity index (χ1v) is 8.18. The lowest BCUT2D eigenvalue weighted by molar-refractivity contribution is -0.124. The Hall–Kier alpha value is -2.25. The number of nitrogens with zero attached hydrogens (tertiary/aromatic N) is 4. The zero-order valence-corrected chi connectivity index (χ0v) is 13.9. The van der Waals surface area contributed by atoms with Crippen LogP contribution in [-0.2, 0) is 22.6 Å². The van der Waals surface area contributed by atoms with Gasteiger partial charge in [-0.15, -0.1) is 0 Å². The predicted molar refractivity (Wildman–Crippen MR) is 89.2 cm³/mol. The minimum atomic E-state index is 0.0104. The van der Waals surface area contributed by atoms with Gasteiger partial charge in [0.25, 0.3) is 0 Å². The van der Waals surface area contributed by atoms with Gasteiger partial charge in [0.05, 0.1) is 44.2 Å². The van der Waals surface area contributed by atoms with Crippen LogP contribution < -0.4 is 5.32 Å². The molecule has 2 aromatic heterocycles. The summed E-state index contributed by atoms with van der Waals surface area (Å²) in [7, 11) is 0. The van der Waals surface area contributed by atoms with E-state index in [2.05, 4.69) is 20.3 Å². The SMILES string of the molecule is Cc1cnn(C[C@@H]2CN(CC(=O)NCc3ccccn3)CCO2)c1. The number of rotatable bonds is 6. The largest absolute Gasteiger partial charge is 0.374 e. The monoisotopic (exact) mass is 329 g/mol. The van der Waals surface area contributed by atoms with Crippen LogP contribution in [0.25, 0.3) is 0 Å². The van der Waals surface area contributed by atoms with Gasteiger partial charge in [-0.2, -0.15) is 5.10 Å². The maximum atomic E-state index is 12.1. The molecule has 1 amide bonds. The summed E-state index contributed by atoms with van der Waals surface area (Å²) < 4.78 is 7.68. The van der Waals surface area contributed by atoms with E-state index in [-0.39, 0.29) is 12.0 Å². The lowest BCUT2D eigenvalue weighted by atomic mass is 10.2. The van der Waals surface area contributed by atoms with Gasteiger partial charge in [-0.1, -0.05) is 6.07 Å². The van der Waals surface area contributed by atoms with E-state index in [1.807, 2.05) is 42.2 Å². The Morgan fingerprint density at radius 1 is 1.46 bits per heavy atom. The molecule has 0 radical (unpaired) electrons. The van der Waals surface area contributed by atoms with E-state index in [0.29, 0.717) is 26.2 Å². The zero-order chi connectivity index (χ0) is 16.8. The summed E-state index contributed by atoms with van der Waals surface area (Å²) in [5, 5.41) is 7.20. The fourth-order valence-corrected chi connectivity index (χ4v) is 2.76. The van der Waals surface area contributed by atoms with Crippen molar-refractivity contribution in [2.24, 2.45) is 0 Å². The number of aromatic nitrogens is 3. The zero-order valence-electron chi connectivity index (χ0n) is 13.9. The number of pyridine rings is 1. The summed E-state index contributed by atoms with van der Waals surface area (Å²) in [4.78, 5) is 18.4. The van der Waals surface area contributed by atoms with Crippen LogP contribution in [0, 0.1) is 6.92 Å². The predicted octanol–water partition coefficient (Wildman–Crippen LogP) is 0.604. The molecule has 0 bridgehead atoms. The number of aryl methyl sites for hydroxylation is 1. The maximum absolute atomic E-state index is 12.1. The van der Waals surface area contributed by atoms with Gasteiger partial charge in [0.1, 0.15) is 0 Å². The molecule has 1 saturated heterocycles. The molecule has 1 N–H and O–H groups in total. The van der Waals surface area contributed by atoms with Crippen LogP contribution in [0.15, 0.2) is 36.8 Å². The van der Waals surface area contributed by atoms with Crippen molar-refractivity contribution in [3.05, 3.63) is 48.0 Å². The van der Waals surface area contributed by atoms with E-state index >= 15 is 0 Å². The molecule has 1 fully saturated rings. The number of hydrogen-bond donors (Lipinski definition) is 1. The molecule has 1 atom stereocenters. The van der Waals surface area contributed by atoms with Crippen LogP contribution in [0.2, 0.25) is 0 Å². The van der Waals surface area contributed by atoms with Crippen molar-refractivity contribution < 1.29 is 9.53 Å². The van der Waals surface area contributed by atoms with E-state index in [0.717, 1.165) is 24.3 Å². The van der Waals surface area contributed by atoms with E-state index < -0.39 is 0 Å². The normalized spacial score (nSPS) is 18.5. The highest BCUT2D eigenvalue weighted by molar-refractivity contribution is 5.77. The minimum absolute atomic E-state index is 0.0104. The number of carbonyl (C=O) groups excluding carboxylic acids is 1. The molecular formula is C17H23N5O2. The Morgan fingerprint density at radius 2 is 2.38 bits per heavy atom. The number of ether oxygens (including phenoxy) is 1. The van der Waals surface area contributed by atoms with Crippen LogP contribution in [0.5, 0.6) is 0 Å². The first-order valence-electron chi connectivity index (χ1n) is 8.18. The Kier molecular flexibility index (Phi) is 5.55. The van der Waals surface area contributed by atoms with E-state index in [4.69, 9.17) is 4.74 Å². The molecule has 1 aliphatic rings. The standard InChI is InChI=1S/C17H23N5O2/c1-14-8-20-22(10-14)12-16-11-21(6-7-24-16)13-17(23)19-9-15-4-2-3-5-18-15/h2-5,8,10,16H,6-7,9,11-13H2,1H3,(H,19,23)/t16-/m0/s1. The van der Waals surface area contributed by atoms with Crippen molar-refractivity contribution >= 4 is 5.91 Å². The lowest BCUT2D eigenvalue weighted by Gasteiger charge is -2.32.